The van der Waals surface area contributed by atoms with Crippen molar-refractivity contribution in [3.8, 4) is 0 Å². The Hall–Kier alpha value is 0.690. The van der Waals surface area contributed by atoms with Gasteiger partial charge < -0.3 is 5.32 Å². The normalized spacial score (nSPS) is 15.7. The molecule has 0 saturated carbocycles. The fourth-order valence-electron chi connectivity index (χ4n) is 0.830. The van der Waals surface area contributed by atoms with Crippen molar-refractivity contribution in [1.82, 2.24) is 5.32 Å². The standard InChI is InChI=1S/C7H16IN/c1-6(9-4)5-7(2,3)8/h6,9H,5H2,1-4H3. The highest BCUT2D eigenvalue weighted by Gasteiger charge is 2.15. The van der Waals surface area contributed by atoms with Gasteiger partial charge in [0.2, 0.25) is 0 Å². The smallest absolute Gasteiger partial charge is 0.0180 e. The number of nitrogens with one attached hydrogen (secondary N) is 1. The number of rotatable bonds is 3. The van der Waals surface area contributed by atoms with Gasteiger partial charge in [0.15, 0.2) is 0 Å². The molecule has 1 nitrogen and oxygen atoms in total. The first-order valence-corrected chi connectivity index (χ1v) is 4.40. The number of hydrogen-bond donors (Lipinski definition) is 1. The Labute approximate surface area is 71.7 Å². The average Bonchev–Trinajstić information content (AvgIpc) is 1.62. The van der Waals surface area contributed by atoms with Crippen LogP contribution in [0.1, 0.15) is 27.2 Å². The van der Waals surface area contributed by atoms with E-state index >= 15 is 0 Å². The fraction of sp³-hybridized carbons (Fsp3) is 1.00. The summed E-state index contributed by atoms with van der Waals surface area (Å²) in [4.78, 5) is 0. The highest BCUT2D eigenvalue weighted by molar-refractivity contribution is 14.1. The van der Waals surface area contributed by atoms with Crippen molar-refractivity contribution in [2.45, 2.75) is 36.7 Å². The molecule has 56 valence electrons. The van der Waals surface area contributed by atoms with Crippen molar-refractivity contribution in [2.24, 2.45) is 0 Å². The number of hydrogen-bond acceptors (Lipinski definition) is 1. The first-order chi connectivity index (χ1) is 3.95. The lowest BCUT2D eigenvalue weighted by Crippen LogP contribution is -2.28. The van der Waals surface area contributed by atoms with Gasteiger partial charge >= 0.3 is 0 Å². The molecule has 0 radical (unpaired) electrons. The maximum Gasteiger partial charge on any atom is 0.0180 e. The van der Waals surface area contributed by atoms with E-state index in [0.717, 1.165) is 0 Å². The SMILES string of the molecule is CNC(C)CC(C)(C)I. The van der Waals surface area contributed by atoms with Gasteiger partial charge in [-0.15, -0.1) is 0 Å². The minimum atomic E-state index is 0.431. The van der Waals surface area contributed by atoms with Crippen LogP contribution >= 0.6 is 22.6 Å². The van der Waals surface area contributed by atoms with Crippen LogP contribution in [0.3, 0.4) is 0 Å². The van der Waals surface area contributed by atoms with Gasteiger partial charge in [-0.05, 0) is 20.4 Å². The van der Waals surface area contributed by atoms with Crippen molar-refractivity contribution >= 4 is 22.6 Å². The second-order valence-electron chi connectivity index (χ2n) is 3.11. The summed E-state index contributed by atoms with van der Waals surface area (Å²) in [6.07, 6.45) is 1.23. The molecule has 1 unspecified atom stereocenters. The van der Waals surface area contributed by atoms with E-state index in [1.807, 2.05) is 7.05 Å². The maximum atomic E-state index is 3.22. The monoisotopic (exact) mass is 241 g/mol. The molecular weight excluding hydrogens is 225 g/mol. The van der Waals surface area contributed by atoms with Gasteiger partial charge in [-0.25, -0.2) is 0 Å². The molecular formula is C7H16IN. The van der Waals surface area contributed by atoms with Gasteiger partial charge in [0.25, 0.3) is 0 Å². The van der Waals surface area contributed by atoms with E-state index in [9.17, 15) is 0 Å². The van der Waals surface area contributed by atoms with Crippen LogP contribution in [0, 0.1) is 0 Å². The Balaban J connectivity index is 3.47. The van der Waals surface area contributed by atoms with Crippen molar-refractivity contribution in [3.63, 3.8) is 0 Å². The van der Waals surface area contributed by atoms with Gasteiger partial charge in [-0.2, -0.15) is 0 Å². The van der Waals surface area contributed by atoms with Gasteiger partial charge in [-0.3, -0.25) is 0 Å². The second-order valence-corrected chi connectivity index (χ2v) is 6.03. The summed E-state index contributed by atoms with van der Waals surface area (Å²) in [6.45, 7) is 6.71. The first kappa shape index (κ1) is 9.69. The van der Waals surface area contributed by atoms with Crippen LogP contribution in [-0.2, 0) is 0 Å². The molecule has 0 aliphatic rings. The molecule has 0 aliphatic heterocycles. The Morgan fingerprint density at radius 3 is 2.11 bits per heavy atom. The van der Waals surface area contributed by atoms with E-state index in [0.29, 0.717) is 9.46 Å². The molecule has 0 amide bonds. The van der Waals surface area contributed by atoms with E-state index in [4.69, 9.17) is 0 Å². The van der Waals surface area contributed by atoms with Crippen LogP contribution in [-0.4, -0.2) is 16.5 Å². The summed E-state index contributed by atoms with van der Waals surface area (Å²) in [5.41, 5.74) is 0. The molecule has 0 fully saturated rings. The molecule has 9 heavy (non-hydrogen) atoms. The summed E-state index contributed by atoms with van der Waals surface area (Å²) in [5, 5.41) is 3.22. The van der Waals surface area contributed by atoms with Crippen LogP contribution in [0.25, 0.3) is 0 Å². The molecule has 1 N–H and O–H groups in total. The molecule has 0 aromatic rings. The topological polar surface area (TPSA) is 12.0 Å². The van der Waals surface area contributed by atoms with Crippen LogP contribution < -0.4 is 5.32 Å². The molecule has 0 aromatic heterocycles. The molecule has 2 heteroatoms. The molecule has 0 saturated heterocycles. The van der Waals surface area contributed by atoms with Gasteiger partial charge in [-0.1, -0.05) is 36.4 Å². The molecule has 0 aliphatic carbocycles. The lowest BCUT2D eigenvalue weighted by molar-refractivity contribution is 0.512. The molecule has 1 atom stereocenters. The van der Waals surface area contributed by atoms with Crippen molar-refractivity contribution < 1.29 is 0 Å². The van der Waals surface area contributed by atoms with E-state index in [1.54, 1.807) is 0 Å². The summed E-state index contributed by atoms with van der Waals surface area (Å²) in [5.74, 6) is 0. The number of halogens is 1. The Bertz CT molecular complexity index is 75.5. The molecule has 0 aromatic carbocycles. The highest BCUT2D eigenvalue weighted by atomic mass is 127. The molecule has 0 spiro atoms. The van der Waals surface area contributed by atoms with E-state index in [2.05, 4.69) is 48.7 Å². The van der Waals surface area contributed by atoms with Crippen LogP contribution in [0.15, 0.2) is 0 Å². The summed E-state index contributed by atoms with van der Waals surface area (Å²) in [7, 11) is 2.01. The fourth-order valence-corrected chi connectivity index (χ4v) is 1.49. The Kier molecular flexibility index (Phi) is 4.05. The number of alkyl halides is 1. The third-order valence-corrected chi connectivity index (χ3v) is 1.72. The summed E-state index contributed by atoms with van der Waals surface area (Å²) < 4.78 is 0.431. The van der Waals surface area contributed by atoms with Crippen molar-refractivity contribution in [1.29, 1.82) is 0 Å². The Morgan fingerprint density at radius 1 is 1.56 bits per heavy atom. The zero-order chi connectivity index (χ0) is 7.49. The van der Waals surface area contributed by atoms with Gasteiger partial charge in [0.05, 0.1) is 0 Å². The van der Waals surface area contributed by atoms with E-state index in [1.165, 1.54) is 6.42 Å². The lowest BCUT2D eigenvalue weighted by Gasteiger charge is -2.20. The molecule has 0 bridgehead atoms. The first-order valence-electron chi connectivity index (χ1n) is 3.32. The third-order valence-electron chi connectivity index (χ3n) is 1.28. The quantitative estimate of drug-likeness (QED) is 0.590. The van der Waals surface area contributed by atoms with Gasteiger partial charge in [0.1, 0.15) is 0 Å². The zero-order valence-corrected chi connectivity index (χ0v) is 8.82. The maximum absolute atomic E-state index is 3.22. The molecule has 0 rings (SSSR count). The largest absolute Gasteiger partial charge is 0.317 e. The predicted octanol–water partition coefficient (Wildman–Crippen LogP) is 2.20. The third kappa shape index (κ3) is 6.58. The zero-order valence-electron chi connectivity index (χ0n) is 6.66. The lowest BCUT2D eigenvalue weighted by atomic mass is 10.1. The Morgan fingerprint density at radius 2 is 2.00 bits per heavy atom. The van der Waals surface area contributed by atoms with Crippen molar-refractivity contribution in [2.75, 3.05) is 7.05 Å². The van der Waals surface area contributed by atoms with Crippen molar-refractivity contribution in [3.05, 3.63) is 0 Å². The average molecular weight is 241 g/mol. The van der Waals surface area contributed by atoms with Crippen LogP contribution in [0.2, 0.25) is 0 Å². The summed E-state index contributed by atoms with van der Waals surface area (Å²) in [6, 6.07) is 0.636. The van der Waals surface area contributed by atoms with E-state index in [-0.39, 0.29) is 0 Å². The second kappa shape index (κ2) is 3.76. The predicted molar refractivity (Wildman–Crippen MR) is 51.2 cm³/mol. The van der Waals surface area contributed by atoms with Crippen LogP contribution in [0.5, 0.6) is 0 Å². The van der Waals surface area contributed by atoms with Crippen LogP contribution in [0.4, 0.5) is 0 Å². The minimum Gasteiger partial charge on any atom is -0.317 e. The molecule has 0 heterocycles. The minimum absolute atomic E-state index is 0.431. The van der Waals surface area contributed by atoms with Gasteiger partial charge in [0, 0.05) is 9.46 Å². The summed E-state index contributed by atoms with van der Waals surface area (Å²) >= 11 is 2.48. The highest BCUT2D eigenvalue weighted by Crippen LogP contribution is 2.22. The van der Waals surface area contributed by atoms with E-state index < -0.39 is 0 Å².